The van der Waals surface area contributed by atoms with Crippen LogP contribution in [0, 0.1) is 5.92 Å². The van der Waals surface area contributed by atoms with Crippen LogP contribution in [0.4, 0.5) is 0 Å². The van der Waals surface area contributed by atoms with Crippen LogP contribution < -0.4 is 5.32 Å². The van der Waals surface area contributed by atoms with Gasteiger partial charge in [-0.25, -0.2) is 0 Å². The molecule has 3 unspecified atom stereocenters. The number of ether oxygens (including phenoxy) is 1. The maximum absolute atomic E-state index is 12.0. The Morgan fingerprint density at radius 1 is 1.50 bits per heavy atom. The number of hydrogen-bond acceptors (Lipinski definition) is 2. The number of rotatable bonds is 3. The zero-order valence-electron chi connectivity index (χ0n) is 11.7. The Hall–Kier alpha value is -0.870. The van der Waals surface area contributed by atoms with Crippen LogP contribution >= 0.6 is 15.9 Å². The summed E-state index contributed by atoms with van der Waals surface area (Å²) < 4.78 is 5.78. The molecule has 4 heteroatoms. The van der Waals surface area contributed by atoms with Crippen molar-refractivity contribution in [2.45, 2.75) is 37.1 Å². The quantitative estimate of drug-likeness (QED) is 0.860. The van der Waals surface area contributed by atoms with Gasteiger partial charge in [0.25, 0.3) is 5.91 Å². The average molecular weight is 338 g/mol. The van der Waals surface area contributed by atoms with Gasteiger partial charge in [-0.3, -0.25) is 4.79 Å². The van der Waals surface area contributed by atoms with Gasteiger partial charge in [0.1, 0.15) is 0 Å². The van der Waals surface area contributed by atoms with Crippen LogP contribution in [0.3, 0.4) is 0 Å². The molecule has 1 N–H and O–H groups in total. The van der Waals surface area contributed by atoms with Gasteiger partial charge in [0.2, 0.25) is 0 Å². The van der Waals surface area contributed by atoms with Crippen LogP contribution in [0.5, 0.6) is 0 Å². The maximum Gasteiger partial charge on any atom is 0.251 e. The van der Waals surface area contributed by atoms with E-state index < -0.39 is 0 Å². The van der Waals surface area contributed by atoms with Crippen molar-refractivity contribution in [1.29, 1.82) is 0 Å². The molecule has 108 valence electrons. The normalized spacial score (nSPS) is 27.0. The summed E-state index contributed by atoms with van der Waals surface area (Å²) in [6, 6.07) is 6.31. The molecular weight excluding hydrogens is 318 g/mol. The predicted octanol–water partition coefficient (Wildman–Crippen LogP) is 3.22. The SMILES string of the molecule is CCC1OCCC1C(Br)c1ccc2c(c1)C(=O)NCC2. The van der Waals surface area contributed by atoms with E-state index in [1.54, 1.807) is 0 Å². The minimum atomic E-state index is 0.0579. The maximum atomic E-state index is 12.0. The highest BCUT2D eigenvalue weighted by atomic mass is 79.9. The topological polar surface area (TPSA) is 38.3 Å². The molecule has 3 atom stereocenters. The van der Waals surface area contributed by atoms with E-state index >= 15 is 0 Å². The van der Waals surface area contributed by atoms with Crippen molar-refractivity contribution in [1.82, 2.24) is 5.32 Å². The summed E-state index contributed by atoms with van der Waals surface area (Å²) in [5, 5.41) is 2.91. The molecule has 0 saturated carbocycles. The Bertz CT molecular complexity index is 517. The van der Waals surface area contributed by atoms with Gasteiger partial charge in [-0.05, 0) is 36.5 Å². The highest BCUT2D eigenvalue weighted by Crippen LogP contribution is 2.41. The van der Waals surface area contributed by atoms with Crippen molar-refractivity contribution >= 4 is 21.8 Å². The number of fused-ring (bicyclic) bond motifs is 1. The van der Waals surface area contributed by atoms with Crippen molar-refractivity contribution in [3.05, 3.63) is 34.9 Å². The van der Waals surface area contributed by atoms with Gasteiger partial charge in [0.05, 0.1) is 6.10 Å². The lowest BCUT2D eigenvalue weighted by Crippen LogP contribution is -2.32. The van der Waals surface area contributed by atoms with E-state index in [9.17, 15) is 4.79 Å². The van der Waals surface area contributed by atoms with Crippen LogP contribution in [0.1, 0.15) is 46.1 Å². The molecule has 1 aromatic carbocycles. The Morgan fingerprint density at radius 2 is 2.35 bits per heavy atom. The second-order valence-electron chi connectivity index (χ2n) is 5.59. The van der Waals surface area contributed by atoms with E-state index in [1.165, 1.54) is 5.56 Å². The molecule has 1 fully saturated rings. The molecule has 2 aliphatic rings. The van der Waals surface area contributed by atoms with Gasteiger partial charge in [-0.15, -0.1) is 0 Å². The van der Waals surface area contributed by atoms with E-state index in [2.05, 4.69) is 40.3 Å². The van der Waals surface area contributed by atoms with Crippen molar-refractivity contribution in [2.24, 2.45) is 5.92 Å². The third-order valence-electron chi connectivity index (χ3n) is 4.42. The Labute approximate surface area is 128 Å². The fourth-order valence-electron chi connectivity index (χ4n) is 3.27. The number of benzene rings is 1. The van der Waals surface area contributed by atoms with E-state index in [0.717, 1.165) is 43.5 Å². The van der Waals surface area contributed by atoms with Crippen molar-refractivity contribution < 1.29 is 9.53 Å². The molecule has 3 nitrogen and oxygen atoms in total. The molecule has 1 amide bonds. The molecule has 3 rings (SSSR count). The first-order valence-electron chi connectivity index (χ1n) is 7.37. The molecular formula is C16H20BrNO2. The molecule has 1 aromatic rings. The minimum Gasteiger partial charge on any atom is -0.378 e. The van der Waals surface area contributed by atoms with Gasteiger partial charge in [0, 0.05) is 29.5 Å². The zero-order chi connectivity index (χ0) is 14.1. The fourth-order valence-corrected chi connectivity index (χ4v) is 4.16. The summed E-state index contributed by atoms with van der Waals surface area (Å²) in [6.45, 7) is 3.76. The molecule has 0 aliphatic carbocycles. The van der Waals surface area contributed by atoms with Gasteiger partial charge in [-0.1, -0.05) is 35.0 Å². The largest absolute Gasteiger partial charge is 0.378 e. The molecule has 0 bridgehead atoms. The summed E-state index contributed by atoms with van der Waals surface area (Å²) in [5.41, 5.74) is 3.19. The van der Waals surface area contributed by atoms with Crippen LogP contribution in [0.15, 0.2) is 18.2 Å². The van der Waals surface area contributed by atoms with E-state index in [-0.39, 0.29) is 10.7 Å². The highest BCUT2D eigenvalue weighted by molar-refractivity contribution is 9.09. The lowest BCUT2D eigenvalue weighted by molar-refractivity contribution is 0.0873. The predicted molar refractivity (Wildman–Crippen MR) is 82.3 cm³/mol. The molecule has 0 radical (unpaired) electrons. The van der Waals surface area contributed by atoms with Crippen LogP contribution in [0.2, 0.25) is 0 Å². The fraction of sp³-hybridized carbons (Fsp3) is 0.562. The van der Waals surface area contributed by atoms with Crippen LogP contribution in [0.25, 0.3) is 0 Å². The van der Waals surface area contributed by atoms with E-state index in [4.69, 9.17) is 4.74 Å². The third-order valence-corrected chi connectivity index (χ3v) is 5.62. The Morgan fingerprint density at radius 3 is 3.15 bits per heavy atom. The molecule has 1 saturated heterocycles. The molecule has 2 aliphatic heterocycles. The second-order valence-corrected chi connectivity index (χ2v) is 6.58. The zero-order valence-corrected chi connectivity index (χ0v) is 13.3. The lowest BCUT2D eigenvalue weighted by atomic mass is 9.89. The number of carbonyl (C=O) groups is 1. The molecule has 0 aromatic heterocycles. The first kappa shape index (κ1) is 14.1. The van der Waals surface area contributed by atoms with E-state index in [0.29, 0.717) is 12.0 Å². The first-order chi connectivity index (χ1) is 9.70. The summed E-state index contributed by atoms with van der Waals surface area (Å²) in [6.07, 6.45) is 3.37. The minimum absolute atomic E-state index is 0.0579. The summed E-state index contributed by atoms with van der Waals surface area (Å²) >= 11 is 3.83. The first-order valence-corrected chi connectivity index (χ1v) is 8.29. The van der Waals surface area contributed by atoms with Gasteiger partial charge >= 0.3 is 0 Å². The van der Waals surface area contributed by atoms with Gasteiger partial charge in [-0.2, -0.15) is 0 Å². The monoisotopic (exact) mass is 337 g/mol. The second kappa shape index (κ2) is 5.86. The number of nitrogens with one attached hydrogen (secondary N) is 1. The highest BCUT2D eigenvalue weighted by Gasteiger charge is 2.33. The smallest absolute Gasteiger partial charge is 0.251 e. The van der Waals surface area contributed by atoms with Crippen molar-refractivity contribution in [3.63, 3.8) is 0 Å². The van der Waals surface area contributed by atoms with Crippen LogP contribution in [-0.4, -0.2) is 25.2 Å². The number of halogens is 1. The lowest BCUT2D eigenvalue weighted by Gasteiger charge is -2.24. The number of alkyl halides is 1. The summed E-state index contributed by atoms with van der Waals surface area (Å²) in [4.78, 5) is 12.2. The Balaban J connectivity index is 1.87. The van der Waals surface area contributed by atoms with Gasteiger partial charge in [0.15, 0.2) is 0 Å². The standard InChI is InChI=1S/C16H20BrNO2/c1-2-14-12(6-8-20-14)15(17)11-4-3-10-5-7-18-16(19)13(10)9-11/h3-4,9,12,14-15H,2,5-8H2,1H3,(H,18,19). The van der Waals surface area contributed by atoms with Gasteiger partial charge < -0.3 is 10.1 Å². The van der Waals surface area contributed by atoms with E-state index in [1.807, 2.05) is 6.07 Å². The third kappa shape index (κ3) is 2.51. The molecule has 0 spiro atoms. The summed E-state index contributed by atoms with van der Waals surface area (Å²) in [7, 11) is 0. The van der Waals surface area contributed by atoms with Crippen molar-refractivity contribution in [3.8, 4) is 0 Å². The Kier molecular flexibility index (Phi) is 4.13. The number of hydrogen-bond donors (Lipinski definition) is 1. The average Bonchev–Trinajstić information content (AvgIpc) is 2.95. The molecule has 2 heterocycles. The summed E-state index contributed by atoms with van der Waals surface area (Å²) in [5.74, 6) is 0.548. The molecule has 20 heavy (non-hydrogen) atoms. The number of carbonyl (C=O) groups excluding carboxylic acids is 1. The van der Waals surface area contributed by atoms with Crippen LogP contribution in [-0.2, 0) is 11.2 Å². The number of amides is 1. The van der Waals surface area contributed by atoms with Crippen molar-refractivity contribution in [2.75, 3.05) is 13.2 Å².